The van der Waals surface area contributed by atoms with Crippen molar-refractivity contribution in [1.82, 2.24) is 4.98 Å². The van der Waals surface area contributed by atoms with E-state index in [2.05, 4.69) is 4.98 Å². The number of nitrogens with zero attached hydrogens (tertiary/aromatic N) is 1. The summed E-state index contributed by atoms with van der Waals surface area (Å²) in [5.41, 5.74) is 0.582. The lowest BCUT2D eigenvalue weighted by atomic mass is 10.1. The van der Waals surface area contributed by atoms with E-state index in [9.17, 15) is 8.78 Å². The smallest absolute Gasteiger partial charge is 0.186 e. The van der Waals surface area contributed by atoms with Gasteiger partial charge >= 0.3 is 0 Å². The Morgan fingerprint density at radius 3 is 2.53 bits per heavy atom. The first-order chi connectivity index (χ1) is 7.02. The van der Waals surface area contributed by atoms with Gasteiger partial charge in [-0.05, 0) is 18.6 Å². The highest BCUT2D eigenvalue weighted by Gasteiger charge is 2.15. The fourth-order valence-electron chi connectivity index (χ4n) is 1.31. The van der Waals surface area contributed by atoms with Crippen molar-refractivity contribution in [3.63, 3.8) is 0 Å². The van der Waals surface area contributed by atoms with Gasteiger partial charge in [0.2, 0.25) is 0 Å². The number of hydrogen-bond acceptors (Lipinski definition) is 1. The molecule has 0 amide bonds. The van der Waals surface area contributed by atoms with Crippen molar-refractivity contribution >= 4 is 34.1 Å². The maximum Gasteiger partial charge on any atom is 0.186 e. The Morgan fingerprint density at radius 2 is 1.87 bits per heavy atom. The molecular formula is C10H5Cl2F2N. The van der Waals surface area contributed by atoms with Gasteiger partial charge in [0.1, 0.15) is 5.52 Å². The molecule has 0 bridgehead atoms. The first-order valence-corrected chi connectivity index (χ1v) is 4.86. The van der Waals surface area contributed by atoms with Crippen molar-refractivity contribution in [1.29, 1.82) is 0 Å². The minimum absolute atomic E-state index is 0.104. The van der Waals surface area contributed by atoms with E-state index in [-0.39, 0.29) is 10.5 Å². The van der Waals surface area contributed by atoms with Crippen LogP contribution in [0.2, 0.25) is 10.0 Å². The van der Waals surface area contributed by atoms with Gasteiger partial charge in [-0.3, -0.25) is 4.98 Å². The maximum absolute atomic E-state index is 13.4. The predicted molar refractivity (Wildman–Crippen MR) is 56.4 cm³/mol. The minimum atomic E-state index is -1.10. The van der Waals surface area contributed by atoms with Gasteiger partial charge in [0.25, 0.3) is 0 Å². The van der Waals surface area contributed by atoms with E-state index in [4.69, 9.17) is 23.2 Å². The van der Waals surface area contributed by atoms with Crippen LogP contribution in [0.1, 0.15) is 5.56 Å². The van der Waals surface area contributed by atoms with Gasteiger partial charge in [0, 0.05) is 11.6 Å². The average molecular weight is 248 g/mol. The Morgan fingerprint density at radius 1 is 1.20 bits per heavy atom. The summed E-state index contributed by atoms with van der Waals surface area (Å²) in [5.74, 6) is -2.17. The van der Waals surface area contributed by atoms with Crippen LogP contribution in [0.15, 0.2) is 12.3 Å². The number of halogens is 4. The van der Waals surface area contributed by atoms with Crippen LogP contribution in [0.3, 0.4) is 0 Å². The van der Waals surface area contributed by atoms with Gasteiger partial charge in [-0.15, -0.1) is 0 Å². The van der Waals surface area contributed by atoms with Crippen LogP contribution in [-0.4, -0.2) is 4.98 Å². The van der Waals surface area contributed by atoms with Crippen LogP contribution >= 0.6 is 23.2 Å². The molecule has 1 nitrogen and oxygen atoms in total. The number of benzene rings is 1. The van der Waals surface area contributed by atoms with Gasteiger partial charge in [-0.25, -0.2) is 8.78 Å². The van der Waals surface area contributed by atoms with E-state index in [1.54, 1.807) is 6.92 Å². The summed E-state index contributed by atoms with van der Waals surface area (Å²) in [5, 5.41) is 0.357. The highest BCUT2D eigenvalue weighted by molar-refractivity contribution is 6.37. The molecule has 0 saturated carbocycles. The molecule has 0 aliphatic heterocycles. The van der Waals surface area contributed by atoms with Crippen molar-refractivity contribution < 1.29 is 8.78 Å². The molecule has 0 aliphatic carbocycles. The Balaban J connectivity index is 2.98. The molecular weight excluding hydrogens is 243 g/mol. The fourth-order valence-corrected chi connectivity index (χ4v) is 1.69. The predicted octanol–water partition coefficient (Wildman–Crippen LogP) is 4.13. The minimum Gasteiger partial charge on any atom is -0.253 e. The van der Waals surface area contributed by atoms with Crippen LogP contribution in [0.5, 0.6) is 0 Å². The lowest BCUT2D eigenvalue weighted by Crippen LogP contribution is -1.93. The van der Waals surface area contributed by atoms with Crippen LogP contribution in [0.25, 0.3) is 10.9 Å². The van der Waals surface area contributed by atoms with Crippen LogP contribution in [-0.2, 0) is 0 Å². The molecule has 1 aromatic carbocycles. The SMILES string of the molecule is Cc1cnc2c(F)c(F)c(Cl)cc2c1Cl. The highest BCUT2D eigenvalue weighted by Crippen LogP contribution is 2.31. The lowest BCUT2D eigenvalue weighted by molar-refractivity contribution is 0.515. The van der Waals surface area contributed by atoms with E-state index in [1.165, 1.54) is 12.3 Å². The molecule has 2 aromatic rings. The van der Waals surface area contributed by atoms with Crippen molar-refractivity contribution in [2.75, 3.05) is 0 Å². The Kier molecular flexibility index (Phi) is 2.52. The van der Waals surface area contributed by atoms with Crippen LogP contribution in [0, 0.1) is 18.6 Å². The Labute approximate surface area is 94.6 Å². The number of rotatable bonds is 0. The average Bonchev–Trinajstić information content (AvgIpc) is 2.21. The quantitative estimate of drug-likeness (QED) is 0.639. The van der Waals surface area contributed by atoms with E-state index < -0.39 is 11.6 Å². The second-order valence-electron chi connectivity index (χ2n) is 3.14. The summed E-state index contributed by atoms with van der Waals surface area (Å²) in [6.45, 7) is 1.73. The highest BCUT2D eigenvalue weighted by atomic mass is 35.5. The Hall–Kier alpha value is -0.930. The molecule has 1 heterocycles. The zero-order valence-corrected chi connectivity index (χ0v) is 9.13. The van der Waals surface area contributed by atoms with Gasteiger partial charge < -0.3 is 0 Å². The van der Waals surface area contributed by atoms with Crippen molar-refractivity contribution in [2.24, 2.45) is 0 Å². The monoisotopic (exact) mass is 247 g/mol. The van der Waals surface area contributed by atoms with E-state index in [1.807, 2.05) is 0 Å². The second-order valence-corrected chi connectivity index (χ2v) is 3.92. The van der Waals surface area contributed by atoms with Crippen molar-refractivity contribution in [3.05, 3.63) is 39.5 Å². The molecule has 0 spiro atoms. The van der Waals surface area contributed by atoms with Crippen LogP contribution < -0.4 is 0 Å². The molecule has 0 unspecified atom stereocenters. The third-order valence-electron chi connectivity index (χ3n) is 2.11. The first-order valence-electron chi connectivity index (χ1n) is 4.10. The summed E-state index contributed by atoms with van der Waals surface area (Å²) in [6.07, 6.45) is 1.39. The molecule has 1 aromatic heterocycles. The third-order valence-corrected chi connectivity index (χ3v) is 2.88. The molecule has 0 radical (unpaired) electrons. The third kappa shape index (κ3) is 1.56. The molecule has 0 N–H and O–H groups in total. The summed E-state index contributed by atoms with van der Waals surface area (Å²) in [7, 11) is 0. The van der Waals surface area contributed by atoms with Crippen molar-refractivity contribution in [2.45, 2.75) is 6.92 Å². The van der Waals surface area contributed by atoms with E-state index in [0.717, 1.165) is 0 Å². The maximum atomic E-state index is 13.4. The standard InChI is InChI=1S/C10H5Cl2F2N/c1-4-3-15-10-5(7(4)12)2-6(11)8(13)9(10)14/h2-3H,1H3. The molecule has 0 aliphatic rings. The second kappa shape index (κ2) is 3.58. The summed E-state index contributed by atoms with van der Waals surface area (Å²) >= 11 is 11.5. The van der Waals surface area contributed by atoms with E-state index in [0.29, 0.717) is 16.0 Å². The lowest BCUT2D eigenvalue weighted by Gasteiger charge is -2.05. The molecule has 5 heteroatoms. The molecule has 0 atom stereocenters. The molecule has 78 valence electrons. The van der Waals surface area contributed by atoms with Gasteiger partial charge in [0.15, 0.2) is 11.6 Å². The summed E-state index contributed by atoms with van der Waals surface area (Å²) < 4.78 is 26.5. The molecule has 15 heavy (non-hydrogen) atoms. The molecule has 0 fully saturated rings. The number of pyridine rings is 1. The summed E-state index contributed by atoms with van der Waals surface area (Å²) in [4.78, 5) is 3.78. The van der Waals surface area contributed by atoms with Gasteiger partial charge in [-0.2, -0.15) is 0 Å². The first kappa shape index (κ1) is 10.6. The zero-order chi connectivity index (χ0) is 11.2. The number of fused-ring (bicyclic) bond motifs is 1. The van der Waals surface area contributed by atoms with Crippen molar-refractivity contribution in [3.8, 4) is 0 Å². The van der Waals surface area contributed by atoms with E-state index >= 15 is 0 Å². The number of hydrogen-bond donors (Lipinski definition) is 0. The molecule has 2 rings (SSSR count). The number of aromatic nitrogens is 1. The van der Waals surface area contributed by atoms with Crippen LogP contribution in [0.4, 0.5) is 8.78 Å². The van der Waals surface area contributed by atoms with Gasteiger partial charge in [0.05, 0.1) is 10.0 Å². The topological polar surface area (TPSA) is 12.9 Å². The fraction of sp³-hybridized carbons (Fsp3) is 0.100. The Bertz CT molecular complexity index is 555. The zero-order valence-electron chi connectivity index (χ0n) is 7.61. The normalized spacial score (nSPS) is 11.0. The molecule has 0 saturated heterocycles. The number of aryl methyl sites for hydroxylation is 1. The summed E-state index contributed by atoms with van der Waals surface area (Å²) in [6, 6.07) is 1.28. The largest absolute Gasteiger partial charge is 0.253 e. The van der Waals surface area contributed by atoms with Gasteiger partial charge in [-0.1, -0.05) is 23.2 Å².